The van der Waals surface area contributed by atoms with Gasteiger partial charge in [0, 0.05) is 18.7 Å². The summed E-state index contributed by atoms with van der Waals surface area (Å²) in [5.74, 6) is -0.510. The Hall–Kier alpha value is -1.66. The van der Waals surface area contributed by atoms with Crippen molar-refractivity contribution < 1.29 is 13.9 Å². The average Bonchev–Trinajstić information content (AvgIpc) is 2.58. The molecule has 0 aliphatic carbocycles. The summed E-state index contributed by atoms with van der Waals surface area (Å²) in [4.78, 5) is 12.2. The van der Waals surface area contributed by atoms with Crippen molar-refractivity contribution >= 4 is 29.9 Å². The Morgan fingerprint density at radius 2 is 1.88 bits per heavy atom. The maximum absolute atomic E-state index is 13.2. The first kappa shape index (κ1) is 21.4. The lowest BCUT2D eigenvalue weighted by Gasteiger charge is -2.21. The molecule has 0 radical (unpaired) electrons. The molecule has 0 aromatic heterocycles. The van der Waals surface area contributed by atoms with Crippen molar-refractivity contribution in [2.75, 3.05) is 26.8 Å². The number of halogens is 3. The summed E-state index contributed by atoms with van der Waals surface area (Å²) in [6.07, 6.45) is 0. The second-order valence-electron chi connectivity index (χ2n) is 5.24. The van der Waals surface area contributed by atoms with E-state index in [9.17, 15) is 9.18 Å². The minimum Gasteiger partial charge on any atom is -0.383 e. The number of amides is 1. The van der Waals surface area contributed by atoms with Gasteiger partial charge in [-0.05, 0) is 29.3 Å². The number of methoxy groups -OCH3 is 1. The monoisotopic (exact) mass is 386 g/mol. The fraction of sp³-hybridized carbons (Fsp3) is 0.278. The molecule has 0 aliphatic rings. The van der Waals surface area contributed by atoms with E-state index >= 15 is 0 Å². The van der Waals surface area contributed by atoms with Crippen LogP contribution in [0.3, 0.4) is 0 Å². The van der Waals surface area contributed by atoms with E-state index in [-0.39, 0.29) is 30.7 Å². The number of hydrogen-bond donors (Lipinski definition) is 2. The van der Waals surface area contributed by atoms with Crippen molar-refractivity contribution in [3.8, 4) is 0 Å². The van der Waals surface area contributed by atoms with Gasteiger partial charge in [0.05, 0.1) is 19.2 Å². The standard InChI is InChI=1S/C18H20ClFN2O2.ClH/c1-24-11-10-21-12-17(23)22-18(13-6-8-14(20)9-7-13)15-4-2-3-5-16(15)19;/h2-9,18,21H,10-12H2,1H3,(H,22,23);1H. The Bertz CT molecular complexity index is 668. The van der Waals surface area contributed by atoms with Gasteiger partial charge in [-0.15, -0.1) is 12.4 Å². The molecule has 0 bridgehead atoms. The Morgan fingerprint density at radius 1 is 1.20 bits per heavy atom. The van der Waals surface area contributed by atoms with Gasteiger partial charge in [-0.1, -0.05) is 41.9 Å². The zero-order valence-electron chi connectivity index (χ0n) is 13.8. The SMILES string of the molecule is COCCNCC(=O)NC(c1ccc(F)cc1)c1ccccc1Cl.Cl. The van der Waals surface area contributed by atoms with Crippen molar-refractivity contribution in [2.45, 2.75) is 6.04 Å². The van der Waals surface area contributed by atoms with E-state index in [2.05, 4.69) is 10.6 Å². The number of benzene rings is 2. The highest BCUT2D eigenvalue weighted by molar-refractivity contribution is 6.31. The van der Waals surface area contributed by atoms with E-state index in [1.54, 1.807) is 25.3 Å². The molecule has 0 spiro atoms. The Balaban J connectivity index is 0.00000312. The van der Waals surface area contributed by atoms with E-state index in [4.69, 9.17) is 16.3 Å². The van der Waals surface area contributed by atoms with Crippen molar-refractivity contribution in [1.82, 2.24) is 10.6 Å². The highest BCUT2D eigenvalue weighted by atomic mass is 35.5. The maximum Gasteiger partial charge on any atom is 0.234 e. The summed E-state index contributed by atoms with van der Waals surface area (Å²) in [5, 5.41) is 6.47. The van der Waals surface area contributed by atoms with Crippen LogP contribution >= 0.6 is 24.0 Å². The molecule has 0 fully saturated rings. The third-order valence-electron chi connectivity index (χ3n) is 3.49. The van der Waals surface area contributed by atoms with Crippen LogP contribution in [0.2, 0.25) is 5.02 Å². The van der Waals surface area contributed by atoms with Gasteiger partial charge >= 0.3 is 0 Å². The molecule has 136 valence electrons. The summed E-state index contributed by atoms with van der Waals surface area (Å²) in [7, 11) is 1.60. The van der Waals surface area contributed by atoms with Crippen LogP contribution in [0.1, 0.15) is 17.2 Å². The van der Waals surface area contributed by atoms with Gasteiger partial charge in [-0.3, -0.25) is 4.79 Å². The van der Waals surface area contributed by atoms with E-state index in [0.29, 0.717) is 18.2 Å². The minimum absolute atomic E-state index is 0. The zero-order valence-corrected chi connectivity index (χ0v) is 15.4. The van der Waals surface area contributed by atoms with Crippen LogP contribution in [-0.2, 0) is 9.53 Å². The normalized spacial score (nSPS) is 11.5. The highest BCUT2D eigenvalue weighted by Gasteiger charge is 2.19. The molecule has 1 atom stereocenters. The van der Waals surface area contributed by atoms with Gasteiger partial charge in [0.15, 0.2) is 0 Å². The second-order valence-corrected chi connectivity index (χ2v) is 5.65. The van der Waals surface area contributed by atoms with E-state index in [1.165, 1.54) is 12.1 Å². The molecular weight excluding hydrogens is 366 g/mol. The lowest BCUT2D eigenvalue weighted by atomic mass is 9.98. The fourth-order valence-corrected chi connectivity index (χ4v) is 2.54. The van der Waals surface area contributed by atoms with Crippen LogP contribution in [0.15, 0.2) is 48.5 Å². The summed E-state index contributed by atoms with van der Waals surface area (Å²) in [6, 6.07) is 12.8. The van der Waals surface area contributed by atoms with Gasteiger partial charge in [0.25, 0.3) is 0 Å². The van der Waals surface area contributed by atoms with E-state index < -0.39 is 6.04 Å². The number of carbonyl (C=O) groups excluding carboxylic acids is 1. The van der Waals surface area contributed by atoms with E-state index in [0.717, 1.165) is 11.1 Å². The third-order valence-corrected chi connectivity index (χ3v) is 3.84. The third kappa shape index (κ3) is 6.63. The Kier molecular flexibility index (Phi) is 9.45. The van der Waals surface area contributed by atoms with Gasteiger partial charge < -0.3 is 15.4 Å². The predicted octanol–water partition coefficient (Wildman–Crippen LogP) is 3.34. The smallest absolute Gasteiger partial charge is 0.234 e. The number of nitrogens with one attached hydrogen (secondary N) is 2. The second kappa shape index (κ2) is 11.1. The summed E-state index contributed by atoms with van der Waals surface area (Å²) in [5.41, 5.74) is 1.52. The lowest BCUT2D eigenvalue weighted by Crippen LogP contribution is -2.37. The largest absolute Gasteiger partial charge is 0.383 e. The number of hydrogen-bond acceptors (Lipinski definition) is 3. The maximum atomic E-state index is 13.2. The van der Waals surface area contributed by atoms with Crippen LogP contribution in [0.4, 0.5) is 4.39 Å². The fourth-order valence-electron chi connectivity index (χ4n) is 2.29. The molecule has 1 unspecified atom stereocenters. The molecule has 2 aromatic carbocycles. The Labute approximate surface area is 158 Å². The summed E-state index contributed by atoms with van der Waals surface area (Å²) >= 11 is 6.27. The number of ether oxygens (including phenoxy) is 1. The summed E-state index contributed by atoms with van der Waals surface area (Å²) in [6.45, 7) is 1.27. The molecular formula is C18H21Cl2FN2O2. The molecule has 0 heterocycles. The molecule has 0 saturated heterocycles. The molecule has 2 N–H and O–H groups in total. The van der Waals surface area contributed by atoms with Crippen molar-refractivity contribution in [3.05, 3.63) is 70.5 Å². The average molecular weight is 387 g/mol. The molecule has 1 amide bonds. The molecule has 0 saturated carbocycles. The molecule has 0 aliphatic heterocycles. The van der Waals surface area contributed by atoms with Crippen LogP contribution in [0, 0.1) is 5.82 Å². The molecule has 2 aromatic rings. The first-order valence-electron chi connectivity index (χ1n) is 7.60. The lowest BCUT2D eigenvalue weighted by molar-refractivity contribution is -0.120. The highest BCUT2D eigenvalue weighted by Crippen LogP contribution is 2.28. The van der Waals surface area contributed by atoms with Crippen molar-refractivity contribution in [2.24, 2.45) is 0 Å². The topological polar surface area (TPSA) is 50.4 Å². The molecule has 2 rings (SSSR count). The first-order valence-corrected chi connectivity index (χ1v) is 7.98. The van der Waals surface area contributed by atoms with Crippen LogP contribution in [-0.4, -0.2) is 32.7 Å². The minimum atomic E-state index is -0.448. The van der Waals surface area contributed by atoms with Crippen molar-refractivity contribution in [3.63, 3.8) is 0 Å². The van der Waals surface area contributed by atoms with Crippen LogP contribution in [0.25, 0.3) is 0 Å². The molecule has 4 nitrogen and oxygen atoms in total. The number of carbonyl (C=O) groups is 1. The van der Waals surface area contributed by atoms with Crippen LogP contribution in [0.5, 0.6) is 0 Å². The first-order chi connectivity index (χ1) is 11.6. The molecule has 7 heteroatoms. The number of rotatable bonds is 8. The van der Waals surface area contributed by atoms with Gasteiger partial charge in [0.1, 0.15) is 5.82 Å². The molecule has 25 heavy (non-hydrogen) atoms. The predicted molar refractivity (Wildman–Crippen MR) is 99.8 cm³/mol. The van der Waals surface area contributed by atoms with Crippen molar-refractivity contribution in [1.29, 1.82) is 0 Å². The van der Waals surface area contributed by atoms with E-state index in [1.807, 2.05) is 18.2 Å². The quantitative estimate of drug-likeness (QED) is 0.684. The van der Waals surface area contributed by atoms with Gasteiger partial charge in [0.2, 0.25) is 5.91 Å². The van der Waals surface area contributed by atoms with Gasteiger partial charge in [-0.25, -0.2) is 4.39 Å². The Morgan fingerprint density at radius 3 is 2.52 bits per heavy atom. The summed E-state index contributed by atoms with van der Waals surface area (Å²) < 4.78 is 18.1. The zero-order chi connectivity index (χ0) is 17.4. The van der Waals surface area contributed by atoms with Crippen LogP contribution < -0.4 is 10.6 Å². The van der Waals surface area contributed by atoms with Gasteiger partial charge in [-0.2, -0.15) is 0 Å².